The molecule has 0 radical (unpaired) electrons. The first-order valence-electron chi connectivity index (χ1n) is 16.1. The third-order valence-electron chi connectivity index (χ3n) is 7.96. The van der Waals surface area contributed by atoms with Gasteiger partial charge in [0, 0.05) is 31.6 Å². The van der Waals surface area contributed by atoms with E-state index in [2.05, 4.69) is 0 Å². The molecule has 260 valence electrons. The fourth-order valence-corrected chi connectivity index (χ4v) is 4.53. The molecule has 10 nitrogen and oxygen atoms in total. The van der Waals surface area contributed by atoms with Crippen LogP contribution in [-0.4, -0.2) is 65.9 Å². The van der Waals surface area contributed by atoms with Crippen LogP contribution in [0.3, 0.4) is 0 Å². The highest BCUT2D eigenvalue weighted by Gasteiger charge is 2.42. The number of benzene rings is 2. The molecule has 2 fully saturated rings. The summed E-state index contributed by atoms with van der Waals surface area (Å²) in [7, 11) is 0. The number of ether oxygens (including phenoxy) is 5. The van der Waals surface area contributed by atoms with Crippen molar-refractivity contribution in [3.8, 4) is 0 Å². The summed E-state index contributed by atoms with van der Waals surface area (Å²) < 4.78 is 27.1. The first kappa shape index (κ1) is 39.9. The lowest BCUT2D eigenvalue weighted by Crippen LogP contribution is -2.40. The summed E-state index contributed by atoms with van der Waals surface area (Å²) in [5, 5.41) is 9.04. The van der Waals surface area contributed by atoms with Crippen LogP contribution in [0.25, 0.3) is 0 Å². The van der Waals surface area contributed by atoms with E-state index in [4.69, 9.17) is 35.3 Å². The van der Waals surface area contributed by atoms with Crippen molar-refractivity contribution in [3.63, 3.8) is 0 Å². The van der Waals surface area contributed by atoms with Gasteiger partial charge in [-0.2, -0.15) is 0 Å². The monoisotopic (exact) mass is 676 g/mol. The molecule has 4 unspecified atom stereocenters. The van der Waals surface area contributed by atoms with Crippen molar-refractivity contribution in [3.05, 3.63) is 71.8 Å². The molecule has 2 aliphatic rings. The predicted molar refractivity (Wildman–Crippen MR) is 176 cm³/mol. The molecule has 2 aliphatic heterocycles. The normalized spacial score (nSPS) is 21.2. The van der Waals surface area contributed by atoms with E-state index < -0.39 is 11.2 Å². The lowest BCUT2D eigenvalue weighted by Gasteiger charge is -2.27. The fourth-order valence-electron chi connectivity index (χ4n) is 4.38. The number of esters is 3. The van der Waals surface area contributed by atoms with Crippen molar-refractivity contribution in [2.45, 2.75) is 90.6 Å². The van der Waals surface area contributed by atoms with E-state index in [9.17, 15) is 24.3 Å². The van der Waals surface area contributed by atoms with Crippen molar-refractivity contribution in [2.75, 3.05) is 26.4 Å². The van der Waals surface area contributed by atoms with Crippen LogP contribution in [0.4, 0.5) is 0 Å². The van der Waals surface area contributed by atoms with Crippen LogP contribution in [0.2, 0.25) is 0 Å². The van der Waals surface area contributed by atoms with Crippen LogP contribution in [0, 0.1) is 11.8 Å². The topological polar surface area (TPSA) is 135 Å². The summed E-state index contributed by atoms with van der Waals surface area (Å²) in [5.41, 5.74) is 0.425. The quantitative estimate of drug-likeness (QED) is 0.137. The molecule has 2 aromatic carbocycles. The smallest absolute Gasteiger partial charge is 0.308 e. The van der Waals surface area contributed by atoms with Gasteiger partial charge in [-0.25, -0.2) is 0 Å². The van der Waals surface area contributed by atoms with Gasteiger partial charge < -0.3 is 28.8 Å². The Morgan fingerprint density at radius 1 is 0.766 bits per heavy atom. The molecule has 0 aromatic heterocycles. The molecule has 0 spiro atoms. The van der Waals surface area contributed by atoms with E-state index in [1.165, 1.54) is 0 Å². The molecular formula is C36H49ClO10. The molecule has 1 N–H and O–H groups in total. The largest absolute Gasteiger partial charge is 0.461 e. The van der Waals surface area contributed by atoms with Gasteiger partial charge in [0.15, 0.2) is 11.2 Å². The lowest BCUT2D eigenvalue weighted by atomic mass is 10.0. The van der Waals surface area contributed by atoms with Gasteiger partial charge in [-0.15, -0.1) is 0 Å². The lowest BCUT2D eigenvalue weighted by molar-refractivity contribution is -0.171. The highest BCUT2D eigenvalue weighted by molar-refractivity contribution is 6.63. The van der Waals surface area contributed by atoms with Crippen molar-refractivity contribution in [1.29, 1.82) is 0 Å². The van der Waals surface area contributed by atoms with Gasteiger partial charge in [0.05, 0.1) is 39.0 Å². The van der Waals surface area contributed by atoms with Crippen molar-refractivity contribution < 1.29 is 48.0 Å². The number of cyclic esters (lactones) is 2. The molecule has 0 aliphatic carbocycles. The van der Waals surface area contributed by atoms with E-state index in [0.29, 0.717) is 38.9 Å². The number of carbonyl (C=O) groups excluding carboxylic acids is 4. The summed E-state index contributed by atoms with van der Waals surface area (Å²) in [5.74, 6) is -0.927. The minimum Gasteiger partial charge on any atom is -0.461 e. The molecule has 2 heterocycles. The Balaban J connectivity index is 0.000000280. The van der Waals surface area contributed by atoms with E-state index in [1.54, 1.807) is 0 Å². The van der Waals surface area contributed by atoms with Gasteiger partial charge in [0.25, 0.3) is 0 Å². The second-order valence-electron chi connectivity index (χ2n) is 12.0. The molecular weight excluding hydrogens is 628 g/mol. The van der Waals surface area contributed by atoms with Crippen molar-refractivity contribution in [2.24, 2.45) is 11.8 Å². The van der Waals surface area contributed by atoms with Gasteiger partial charge >= 0.3 is 17.9 Å². The zero-order valence-corrected chi connectivity index (χ0v) is 28.7. The van der Waals surface area contributed by atoms with Gasteiger partial charge in [0.2, 0.25) is 5.24 Å². The van der Waals surface area contributed by atoms with E-state index >= 15 is 0 Å². The summed E-state index contributed by atoms with van der Waals surface area (Å²) in [6, 6.07) is 19.5. The number of aliphatic hydroxyl groups is 1. The fraction of sp³-hybridized carbons (Fsp3) is 0.556. The molecule has 2 aromatic rings. The maximum atomic E-state index is 11.8. The third-order valence-corrected chi connectivity index (χ3v) is 8.34. The second-order valence-corrected chi connectivity index (χ2v) is 12.3. The summed E-state index contributed by atoms with van der Waals surface area (Å²) >= 11 is 5.09. The predicted octanol–water partition coefficient (Wildman–Crippen LogP) is 5.94. The summed E-state index contributed by atoms with van der Waals surface area (Å²) in [6.45, 7) is 8.72. The number of aliphatic hydroxyl groups excluding tert-OH is 1. The van der Waals surface area contributed by atoms with E-state index in [1.807, 2.05) is 88.4 Å². The molecule has 11 heteroatoms. The first-order valence-corrected chi connectivity index (χ1v) is 16.5. The standard InChI is InChI=1S/C18H24O5.C13H16O4.C5H9ClO/c1-3-14(2)17(20)22-13-18(10-9-16(19)23-18)12-21-11-15-7-5-4-6-8-15;14-9-13(7-6-12(15)17-13)10-16-8-11-4-2-1-3-5-11;1-3-4(2)5(6)7/h4-8,14H,3,9-13H2,1-2H3;1-5,14H,6-10H2;4H,3H2,1-2H3. The summed E-state index contributed by atoms with van der Waals surface area (Å²) in [6.07, 6.45) is 3.27. The number of carbonyl (C=O) groups is 4. The molecule has 47 heavy (non-hydrogen) atoms. The van der Waals surface area contributed by atoms with E-state index in [0.717, 1.165) is 24.0 Å². The molecule has 0 bridgehead atoms. The van der Waals surface area contributed by atoms with Crippen LogP contribution >= 0.6 is 11.6 Å². The zero-order valence-electron chi connectivity index (χ0n) is 27.9. The highest BCUT2D eigenvalue weighted by atomic mass is 35.5. The first-order chi connectivity index (χ1) is 22.5. The molecule has 2 saturated heterocycles. The SMILES string of the molecule is CCC(C)C(=O)Cl.CCC(C)C(=O)OCC1(COCc2ccccc2)CCC(=O)O1.O=C1CCC(CO)(COCc2ccccc2)O1. The van der Waals surface area contributed by atoms with Gasteiger partial charge in [-0.1, -0.05) is 88.4 Å². The Bertz CT molecular complexity index is 1240. The average Bonchev–Trinajstić information content (AvgIpc) is 3.66. The van der Waals surface area contributed by atoms with Crippen LogP contribution in [-0.2, 0) is 56.1 Å². The number of rotatable bonds is 15. The Kier molecular flexibility index (Phi) is 17.7. The molecule has 0 saturated carbocycles. The number of hydrogen-bond donors (Lipinski definition) is 1. The van der Waals surface area contributed by atoms with Crippen LogP contribution in [0.15, 0.2) is 60.7 Å². The number of hydrogen-bond acceptors (Lipinski definition) is 10. The Morgan fingerprint density at radius 3 is 1.57 bits per heavy atom. The average molecular weight is 677 g/mol. The Hall–Kier alpha value is -3.31. The van der Waals surface area contributed by atoms with Crippen LogP contribution in [0.5, 0.6) is 0 Å². The Morgan fingerprint density at radius 2 is 1.21 bits per heavy atom. The molecule has 4 atom stereocenters. The zero-order chi connectivity index (χ0) is 34.7. The summed E-state index contributed by atoms with van der Waals surface area (Å²) in [4.78, 5) is 44.6. The molecule has 4 rings (SSSR count). The number of halogens is 1. The minimum atomic E-state index is -0.852. The van der Waals surface area contributed by atoms with Gasteiger partial charge in [-0.05, 0) is 35.6 Å². The minimum absolute atomic E-state index is 0.0293. The van der Waals surface area contributed by atoms with Crippen molar-refractivity contribution >= 4 is 34.8 Å². The highest BCUT2D eigenvalue weighted by Crippen LogP contribution is 2.29. The van der Waals surface area contributed by atoms with Crippen LogP contribution in [0.1, 0.15) is 77.3 Å². The maximum absolute atomic E-state index is 11.8. The van der Waals surface area contributed by atoms with Gasteiger partial charge in [0.1, 0.15) is 6.61 Å². The van der Waals surface area contributed by atoms with Gasteiger partial charge in [-0.3, -0.25) is 19.2 Å². The Labute approximate surface area is 283 Å². The van der Waals surface area contributed by atoms with Crippen molar-refractivity contribution in [1.82, 2.24) is 0 Å². The second kappa shape index (κ2) is 20.8. The maximum Gasteiger partial charge on any atom is 0.308 e. The molecule has 0 amide bonds. The third kappa shape index (κ3) is 14.6. The van der Waals surface area contributed by atoms with Crippen LogP contribution < -0.4 is 0 Å². The van der Waals surface area contributed by atoms with E-state index in [-0.39, 0.29) is 61.4 Å².